The van der Waals surface area contributed by atoms with Crippen molar-refractivity contribution in [3.05, 3.63) is 76.6 Å². The zero-order valence-electron chi connectivity index (χ0n) is 13.2. The molecule has 3 aromatic rings. The molecule has 8 heteroatoms. The average Bonchev–Trinajstić information content (AvgIpc) is 3.16. The van der Waals surface area contributed by atoms with E-state index in [0.29, 0.717) is 11.4 Å². The summed E-state index contributed by atoms with van der Waals surface area (Å²) >= 11 is 0. The van der Waals surface area contributed by atoms with Gasteiger partial charge in [0.15, 0.2) is 0 Å². The van der Waals surface area contributed by atoms with Crippen LogP contribution in [0.2, 0.25) is 0 Å². The number of methoxy groups -OCH3 is 1. The van der Waals surface area contributed by atoms with Gasteiger partial charge < -0.3 is 10.1 Å². The summed E-state index contributed by atoms with van der Waals surface area (Å²) in [5, 5.41) is 17.8. The maximum atomic E-state index is 12.6. The number of nitro groups is 1. The smallest absolute Gasteiger partial charge is 0.273 e. The van der Waals surface area contributed by atoms with Crippen molar-refractivity contribution in [1.82, 2.24) is 9.78 Å². The molecule has 2 aromatic carbocycles. The summed E-state index contributed by atoms with van der Waals surface area (Å²) in [6.07, 6.45) is 3.40. The first-order valence-corrected chi connectivity index (χ1v) is 7.33. The Morgan fingerprint density at radius 1 is 1.24 bits per heavy atom. The van der Waals surface area contributed by atoms with Gasteiger partial charge >= 0.3 is 0 Å². The third-order valence-electron chi connectivity index (χ3n) is 3.54. The number of amides is 1. The molecular formula is C17H14N4O4. The zero-order valence-corrected chi connectivity index (χ0v) is 13.2. The second-order valence-corrected chi connectivity index (χ2v) is 5.06. The molecule has 0 saturated heterocycles. The van der Waals surface area contributed by atoms with Crippen molar-refractivity contribution in [1.29, 1.82) is 0 Å². The SMILES string of the molecule is COc1cc([N+](=O)[O-])ccc1C(=O)Nc1ccccc1-n1cccn1. The second kappa shape index (κ2) is 6.83. The van der Waals surface area contributed by atoms with Gasteiger partial charge in [-0.15, -0.1) is 0 Å². The fourth-order valence-electron chi connectivity index (χ4n) is 2.36. The van der Waals surface area contributed by atoms with Crippen LogP contribution in [0.4, 0.5) is 11.4 Å². The van der Waals surface area contributed by atoms with E-state index in [2.05, 4.69) is 10.4 Å². The number of nitro benzene ring substituents is 1. The molecular weight excluding hydrogens is 324 g/mol. The molecule has 0 saturated carbocycles. The highest BCUT2D eigenvalue weighted by Gasteiger charge is 2.18. The van der Waals surface area contributed by atoms with Crippen LogP contribution in [0.1, 0.15) is 10.4 Å². The van der Waals surface area contributed by atoms with E-state index in [4.69, 9.17) is 4.74 Å². The number of nitrogens with zero attached hydrogens (tertiary/aromatic N) is 3. The molecule has 0 spiro atoms. The minimum absolute atomic E-state index is 0.128. The molecule has 1 heterocycles. The summed E-state index contributed by atoms with van der Waals surface area (Å²) in [6.45, 7) is 0. The lowest BCUT2D eigenvalue weighted by Crippen LogP contribution is -2.15. The van der Waals surface area contributed by atoms with Gasteiger partial charge in [-0.2, -0.15) is 5.10 Å². The number of aromatic nitrogens is 2. The van der Waals surface area contributed by atoms with Crippen LogP contribution >= 0.6 is 0 Å². The molecule has 0 unspecified atom stereocenters. The third-order valence-corrected chi connectivity index (χ3v) is 3.54. The molecule has 0 aliphatic carbocycles. The Labute approximate surface area is 142 Å². The lowest BCUT2D eigenvalue weighted by molar-refractivity contribution is -0.384. The van der Waals surface area contributed by atoms with Gasteiger partial charge in [0.05, 0.1) is 35.0 Å². The monoisotopic (exact) mass is 338 g/mol. The minimum Gasteiger partial charge on any atom is -0.496 e. The van der Waals surface area contributed by atoms with Crippen molar-refractivity contribution < 1.29 is 14.5 Å². The summed E-state index contributed by atoms with van der Waals surface area (Å²) in [5.74, 6) is -0.311. The molecule has 1 N–H and O–H groups in total. The minimum atomic E-state index is -0.544. The number of ether oxygens (including phenoxy) is 1. The van der Waals surface area contributed by atoms with Crippen LogP contribution in [0.3, 0.4) is 0 Å². The van der Waals surface area contributed by atoms with Crippen molar-refractivity contribution >= 4 is 17.3 Å². The van der Waals surface area contributed by atoms with Crippen LogP contribution < -0.4 is 10.1 Å². The van der Waals surface area contributed by atoms with E-state index < -0.39 is 10.8 Å². The van der Waals surface area contributed by atoms with Crippen LogP contribution in [0.25, 0.3) is 5.69 Å². The summed E-state index contributed by atoms with van der Waals surface area (Å²) < 4.78 is 6.74. The van der Waals surface area contributed by atoms with Gasteiger partial charge in [0.1, 0.15) is 5.75 Å². The summed E-state index contributed by atoms with van der Waals surface area (Å²) in [4.78, 5) is 22.9. The number of benzene rings is 2. The Kier molecular flexibility index (Phi) is 4.42. The highest BCUT2D eigenvalue weighted by Crippen LogP contribution is 2.26. The molecule has 3 rings (SSSR count). The highest BCUT2D eigenvalue weighted by atomic mass is 16.6. The van der Waals surface area contributed by atoms with Gasteiger partial charge in [-0.05, 0) is 24.3 Å². The molecule has 8 nitrogen and oxygen atoms in total. The van der Waals surface area contributed by atoms with E-state index in [1.807, 2.05) is 12.1 Å². The standard InChI is InChI=1S/C17H14N4O4/c1-25-16-11-12(21(23)24)7-8-13(16)17(22)19-14-5-2-3-6-15(14)20-10-4-9-18-20/h2-11H,1H3,(H,19,22). The first-order chi connectivity index (χ1) is 12.1. The van der Waals surface area contributed by atoms with Gasteiger partial charge in [0.25, 0.3) is 11.6 Å². The Bertz CT molecular complexity index is 922. The predicted octanol–water partition coefficient (Wildman–Crippen LogP) is 3.04. The molecule has 0 atom stereocenters. The summed E-state index contributed by atoms with van der Waals surface area (Å²) in [6, 6.07) is 12.8. The molecule has 0 fully saturated rings. The number of anilines is 1. The third kappa shape index (κ3) is 3.32. The molecule has 126 valence electrons. The van der Waals surface area contributed by atoms with Crippen molar-refractivity contribution in [3.8, 4) is 11.4 Å². The van der Waals surface area contributed by atoms with Gasteiger partial charge in [-0.3, -0.25) is 14.9 Å². The molecule has 1 amide bonds. The fourth-order valence-corrected chi connectivity index (χ4v) is 2.36. The largest absolute Gasteiger partial charge is 0.496 e. The number of carbonyl (C=O) groups is 1. The number of nitrogens with one attached hydrogen (secondary N) is 1. The highest BCUT2D eigenvalue weighted by molar-refractivity contribution is 6.07. The number of carbonyl (C=O) groups excluding carboxylic acids is 1. The molecule has 0 bridgehead atoms. The van der Waals surface area contributed by atoms with E-state index >= 15 is 0 Å². The van der Waals surface area contributed by atoms with E-state index in [0.717, 1.165) is 0 Å². The van der Waals surface area contributed by atoms with Crippen molar-refractivity contribution in [2.24, 2.45) is 0 Å². The first-order valence-electron chi connectivity index (χ1n) is 7.33. The number of hydrogen-bond donors (Lipinski definition) is 1. The Hall–Kier alpha value is -3.68. The van der Waals surface area contributed by atoms with Gasteiger partial charge in [0, 0.05) is 18.5 Å². The van der Waals surface area contributed by atoms with Gasteiger partial charge in [0.2, 0.25) is 0 Å². The fraction of sp³-hybridized carbons (Fsp3) is 0.0588. The maximum Gasteiger partial charge on any atom is 0.273 e. The van der Waals surface area contributed by atoms with Crippen molar-refractivity contribution in [3.63, 3.8) is 0 Å². The number of hydrogen-bond acceptors (Lipinski definition) is 5. The lowest BCUT2D eigenvalue weighted by Gasteiger charge is -2.12. The molecule has 0 aliphatic rings. The summed E-state index contributed by atoms with van der Waals surface area (Å²) in [5.41, 5.74) is 1.30. The first kappa shape index (κ1) is 16.2. The molecule has 0 aliphatic heterocycles. The average molecular weight is 338 g/mol. The van der Waals surface area contributed by atoms with Crippen LogP contribution in [-0.2, 0) is 0 Å². The lowest BCUT2D eigenvalue weighted by atomic mass is 10.1. The van der Waals surface area contributed by atoms with Crippen molar-refractivity contribution in [2.45, 2.75) is 0 Å². The van der Waals surface area contributed by atoms with Crippen LogP contribution in [0.5, 0.6) is 5.75 Å². The molecule has 25 heavy (non-hydrogen) atoms. The molecule has 0 radical (unpaired) electrons. The second-order valence-electron chi connectivity index (χ2n) is 5.06. The number of non-ortho nitro benzene ring substituents is 1. The predicted molar refractivity (Wildman–Crippen MR) is 91.2 cm³/mol. The van der Waals surface area contributed by atoms with Crippen LogP contribution in [-0.4, -0.2) is 27.7 Å². The van der Waals surface area contributed by atoms with Gasteiger partial charge in [-0.25, -0.2) is 4.68 Å². The van der Waals surface area contributed by atoms with E-state index in [9.17, 15) is 14.9 Å². The topological polar surface area (TPSA) is 99.3 Å². The normalized spacial score (nSPS) is 10.3. The maximum absolute atomic E-state index is 12.6. The molecule has 1 aromatic heterocycles. The Morgan fingerprint density at radius 3 is 2.72 bits per heavy atom. The van der Waals surface area contributed by atoms with E-state index in [-0.39, 0.29) is 17.0 Å². The van der Waals surface area contributed by atoms with Gasteiger partial charge in [-0.1, -0.05) is 12.1 Å². The van der Waals surface area contributed by atoms with E-state index in [1.165, 1.54) is 25.3 Å². The van der Waals surface area contributed by atoms with Crippen molar-refractivity contribution in [2.75, 3.05) is 12.4 Å². The quantitative estimate of drug-likeness (QED) is 0.569. The zero-order chi connectivity index (χ0) is 17.8. The number of rotatable bonds is 5. The summed E-state index contributed by atoms with van der Waals surface area (Å²) in [7, 11) is 1.35. The Morgan fingerprint density at radius 2 is 2.04 bits per heavy atom. The van der Waals surface area contributed by atoms with Crippen LogP contribution in [0.15, 0.2) is 60.9 Å². The number of para-hydroxylation sites is 2. The Balaban J connectivity index is 1.93. The van der Waals surface area contributed by atoms with E-state index in [1.54, 1.807) is 35.3 Å². The van der Waals surface area contributed by atoms with Crippen LogP contribution in [0, 0.1) is 10.1 Å².